The van der Waals surface area contributed by atoms with Gasteiger partial charge in [0, 0.05) is 16.9 Å². The third-order valence-electron chi connectivity index (χ3n) is 2.56. The van der Waals surface area contributed by atoms with Crippen LogP contribution in [0.4, 0.5) is 0 Å². The number of nitrogens with zero attached hydrogens (tertiary/aromatic N) is 1. The molecule has 104 valence electrons. The van der Waals surface area contributed by atoms with E-state index < -0.39 is 17.9 Å². The highest BCUT2D eigenvalue weighted by atomic mass is 79.9. The minimum absolute atomic E-state index is 0.183. The summed E-state index contributed by atoms with van der Waals surface area (Å²) in [7, 11) is 0. The second-order valence-corrected chi connectivity index (χ2v) is 5.02. The molecule has 1 N–H and O–H groups in total. The molecular weight excluding hydrogens is 314 g/mol. The van der Waals surface area contributed by atoms with E-state index in [9.17, 15) is 14.7 Å². The lowest BCUT2D eigenvalue weighted by atomic mass is 9.98. The van der Waals surface area contributed by atoms with E-state index in [0.717, 1.165) is 12.8 Å². The molecular formula is C13H16BrNO4. The van der Waals surface area contributed by atoms with Crippen LogP contribution in [0.25, 0.3) is 0 Å². The van der Waals surface area contributed by atoms with Crippen molar-refractivity contribution in [1.29, 1.82) is 0 Å². The van der Waals surface area contributed by atoms with Crippen molar-refractivity contribution in [2.24, 2.45) is 0 Å². The van der Waals surface area contributed by atoms with Crippen LogP contribution in [0.1, 0.15) is 37.7 Å². The number of hydrogen-bond acceptors (Lipinski definition) is 4. The number of esters is 1. The Morgan fingerprint density at radius 2 is 2.21 bits per heavy atom. The first-order valence-electron chi connectivity index (χ1n) is 6.03. The first kappa shape index (κ1) is 15.6. The highest BCUT2D eigenvalue weighted by Crippen LogP contribution is 2.22. The second kappa shape index (κ2) is 7.89. The molecule has 1 rings (SSSR count). The van der Waals surface area contributed by atoms with Crippen molar-refractivity contribution in [2.45, 2.75) is 32.1 Å². The van der Waals surface area contributed by atoms with Crippen molar-refractivity contribution in [3.05, 3.63) is 28.5 Å². The van der Waals surface area contributed by atoms with Gasteiger partial charge in [0.25, 0.3) is 0 Å². The van der Waals surface area contributed by atoms with E-state index >= 15 is 0 Å². The van der Waals surface area contributed by atoms with Crippen molar-refractivity contribution in [1.82, 2.24) is 4.98 Å². The van der Waals surface area contributed by atoms with Crippen molar-refractivity contribution in [3.8, 4) is 0 Å². The molecule has 1 unspecified atom stereocenters. The molecule has 0 spiro atoms. The van der Waals surface area contributed by atoms with Crippen molar-refractivity contribution < 1.29 is 19.4 Å². The zero-order valence-electron chi connectivity index (χ0n) is 10.6. The Balaban J connectivity index is 2.68. The van der Waals surface area contributed by atoms with Gasteiger partial charge in [0.15, 0.2) is 0 Å². The molecule has 0 amide bonds. The Morgan fingerprint density at radius 1 is 1.47 bits per heavy atom. The average molecular weight is 330 g/mol. The van der Waals surface area contributed by atoms with Crippen LogP contribution in [0, 0.1) is 0 Å². The highest BCUT2D eigenvalue weighted by molar-refractivity contribution is 9.10. The van der Waals surface area contributed by atoms with Gasteiger partial charge in [0.1, 0.15) is 0 Å². The molecule has 1 heterocycles. The number of halogens is 1. The number of ether oxygens (including phenoxy) is 1. The fraction of sp³-hybridized carbons (Fsp3) is 0.462. The second-order valence-electron chi connectivity index (χ2n) is 4.11. The number of carbonyl (C=O) groups excluding carboxylic acids is 1. The molecule has 1 aromatic heterocycles. The number of carboxylic acids is 1. The van der Waals surface area contributed by atoms with Crippen LogP contribution in [0.3, 0.4) is 0 Å². The van der Waals surface area contributed by atoms with Crippen LogP contribution < -0.4 is 0 Å². The summed E-state index contributed by atoms with van der Waals surface area (Å²) < 4.78 is 5.66. The van der Waals surface area contributed by atoms with Gasteiger partial charge in [-0.25, -0.2) is 0 Å². The Labute approximate surface area is 120 Å². The fourth-order valence-corrected chi connectivity index (χ4v) is 1.91. The smallest absolute Gasteiger partial charge is 0.311 e. The summed E-state index contributed by atoms with van der Waals surface area (Å²) >= 11 is 3.23. The van der Waals surface area contributed by atoms with Gasteiger partial charge in [0.05, 0.1) is 18.9 Å². The molecule has 0 aromatic carbocycles. The molecule has 1 atom stereocenters. The van der Waals surface area contributed by atoms with Gasteiger partial charge in [-0.3, -0.25) is 14.6 Å². The number of aromatic nitrogens is 1. The summed E-state index contributed by atoms with van der Waals surface area (Å²) in [4.78, 5) is 26.7. The van der Waals surface area contributed by atoms with E-state index in [1.165, 1.54) is 6.20 Å². The largest absolute Gasteiger partial charge is 0.481 e. The summed E-state index contributed by atoms with van der Waals surface area (Å²) in [5.41, 5.74) is 0.481. The summed E-state index contributed by atoms with van der Waals surface area (Å²) in [5.74, 6) is -2.49. The minimum atomic E-state index is -1.06. The number of carboxylic acid groups (broad SMARTS) is 1. The molecule has 1 aromatic rings. The van der Waals surface area contributed by atoms with E-state index in [-0.39, 0.29) is 6.42 Å². The van der Waals surface area contributed by atoms with Crippen LogP contribution in [0.2, 0.25) is 0 Å². The van der Waals surface area contributed by atoms with E-state index in [1.807, 2.05) is 6.92 Å². The molecule has 0 aliphatic carbocycles. The predicted molar refractivity (Wildman–Crippen MR) is 72.8 cm³/mol. The van der Waals surface area contributed by atoms with E-state index in [0.29, 0.717) is 16.6 Å². The lowest BCUT2D eigenvalue weighted by molar-refractivity contribution is -0.149. The molecule has 0 saturated heterocycles. The van der Waals surface area contributed by atoms with Crippen molar-refractivity contribution >= 4 is 27.9 Å². The van der Waals surface area contributed by atoms with Gasteiger partial charge in [-0.15, -0.1) is 0 Å². The van der Waals surface area contributed by atoms with Crippen molar-refractivity contribution in [2.75, 3.05) is 6.61 Å². The SMILES string of the molecule is CCCCOC(=O)CC(C(=O)O)c1cncc(Br)c1. The molecule has 0 fully saturated rings. The zero-order chi connectivity index (χ0) is 14.3. The number of hydrogen-bond donors (Lipinski definition) is 1. The Bertz CT molecular complexity index is 450. The van der Waals surface area contributed by atoms with Gasteiger partial charge < -0.3 is 9.84 Å². The summed E-state index contributed by atoms with van der Waals surface area (Å²) in [5, 5.41) is 9.19. The molecule has 0 aliphatic heterocycles. The molecule has 5 nitrogen and oxygen atoms in total. The van der Waals surface area contributed by atoms with Crippen molar-refractivity contribution in [3.63, 3.8) is 0 Å². The molecule has 0 saturated carbocycles. The first-order valence-corrected chi connectivity index (χ1v) is 6.82. The van der Waals surface area contributed by atoms with Crippen LogP contribution in [0.15, 0.2) is 22.9 Å². The Hall–Kier alpha value is -1.43. The molecule has 0 bridgehead atoms. The number of unbranched alkanes of at least 4 members (excludes halogenated alkanes) is 1. The molecule has 0 aliphatic rings. The van der Waals surface area contributed by atoms with Gasteiger partial charge >= 0.3 is 11.9 Å². The van der Waals surface area contributed by atoms with Gasteiger partial charge in [0.2, 0.25) is 0 Å². The average Bonchev–Trinajstić information content (AvgIpc) is 2.36. The highest BCUT2D eigenvalue weighted by Gasteiger charge is 2.24. The maximum atomic E-state index is 11.6. The normalized spacial score (nSPS) is 11.9. The maximum absolute atomic E-state index is 11.6. The summed E-state index contributed by atoms with van der Waals surface area (Å²) in [6.07, 6.45) is 4.52. The van der Waals surface area contributed by atoms with Gasteiger partial charge in [-0.2, -0.15) is 0 Å². The lowest BCUT2D eigenvalue weighted by Crippen LogP contribution is -2.18. The number of carbonyl (C=O) groups is 2. The topological polar surface area (TPSA) is 76.5 Å². The standard InChI is InChI=1S/C13H16BrNO4/c1-2-3-4-19-12(16)6-11(13(17)18)9-5-10(14)8-15-7-9/h5,7-8,11H,2-4,6H2,1H3,(H,17,18). The minimum Gasteiger partial charge on any atom is -0.481 e. The maximum Gasteiger partial charge on any atom is 0.311 e. The number of pyridine rings is 1. The van der Waals surface area contributed by atoms with E-state index in [4.69, 9.17) is 4.74 Å². The summed E-state index contributed by atoms with van der Waals surface area (Å²) in [6.45, 7) is 2.32. The number of rotatable bonds is 7. The Kier molecular flexibility index (Phi) is 6.49. The number of aliphatic carboxylic acids is 1. The van der Waals surface area contributed by atoms with Gasteiger partial charge in [-0.1, -0.05) is 13.3 Å². The first-order chi connectivity index (χ1) is 9.04. The van der Waals surface area contributed by atoms with Crippen LogP contribution >= 0.6 is 15.9 Å². The third kappa shape index (κ3) is 5.38. The van der Waals surface area contributed by atoms with Crippen LogP contribution in [-0.4, -0.2) is 28.6 Å². The van der Waals surface area contributed by atoms with Crippen LogP contribution in [-0.2, 0) is 14.3 Å². The molecule has 0 radical (unpaired) electrons. The fourth-order valence-electron chi connectivity index (χ4n) is 1.52. The molecule has 19 heavy (non-hydrogen) atoms. The molecule has 6 heteroatoms. The predicted octanol–water partition coefficient (Wildman–Crippen LogP) is 2.75. The Morgan fingerprint density at radius 3 is 2.79 bits per heavy atom. The quantitative estimate of drug-likeness (QED) is 0.614. The van der Waals surface area contributed by atoms with E-state index in [1.54, 1.807) is 12.3 Å². The van der Waals surface area contributed by atoms with Crippen LogP contribution in [0.5, 0.6) is 0 Å². The summed E-state index contributed by atoms with van der Waals surface area (Å²) in [6, 6.07) is 1.64. The monoisotopic (exact) mass is 329 g/mol. The zero-order valence-corrected chi connectivity index (χ0v) is 12.2. The van der Waals surface area contributed by atoms with E-state index in [2.05, 4.69) is 20.9 Å². The lowest BCUT2D eigenvalue weighted by Gasteiger charge is -2.12. The third-order valence-corrected chi connectivity index (χ3v) is 2.99. The van der Waals surface area contributed by atoms with Gasteiger partial charge in [-0.05, 0) is 34.0 Å².